The van der Waals surface area contributed by atoms with Gasteiger partial charge in [0.15, 0.2) is 11.0 Å². The number of nitrogens with one attached hydrogen (secondary N) is 2. The van der Waals surface area contributed by atoms with Crippen LogP contribution < -0.4 is 15.4 Å². The molecule has 8 nitrogen and oxygen atoms in total. The lowest BCUT2D eigenvalue weighted by Crippen LogP contribution is -2.24. The van der Waals surface area contributed by atoms with E-state index in [-0.39, 0.29) is 24.1 Å². The smallest absolute Gasteiger partial charge is 0.251 e. The Labute approximate surface area is 214 Å². The summed E-state index contributed by atoms with van der Waals surface area (Å²) in [4.78, 5) is 25.3. The maximum Gasteiger partial charge on any atom is 0.251 e. The molecule has 1 heterocycles. The van der Waals surface area contributed by atoms with E-state index in [4.69, 9.17) is 4.74 Å². The highest BCUT2D eigenvalue weighted by Gasteiger charge is 2.19. The molecule has 0 saturated carbocycles. The first kappa shape index (κ1) is 25.0. The predicted octanol–water partition coefficient (Wildman–Crippen LogP) is 4.55. The Morgan fingerprint density at radius 1 is 0.944 bits per heavy atom. The predicted molar refractivity (Wildman–Crippen MR) is 141 cm³/mol. The normalized spacial score (nSPS) is 10.6. The fourth-order valence-corrected chi connectivity index (χ4v) is 4.43. The average molecular weight is 502 g/mol. The van der Waals surface area contributed by atoms with Gasteiger partial charge in [0.05, 0.1) is 25.1 Å². The second-order valence-electron chi connectivity index (χ2n) is 8.16. The van der Waals surface area contributed by atoms with Crippen LogP contribution in [-0.4, -0.2) is 39.4 Å². The van der Waals surface area contributed by atoms with Gasteiger partial charge in [0.25, 0.3) is 5.91 Å². The molecule has 3 aromatic carbocycles. The molecule has 0 spiro atoms. The van der Waals surface area contributed by atoms with Crippen molar-refractivity contribution in [1.29, 1.82) is 0 Å². The second kappa shape index (κ2) is 11.5. The molecule has 4 aromatic rings. The number of carbonyl (C=O) groups is 2. The van der Waals surface area contributed by atoms with Crippen LogP contribution in [0.1, 0.15) is 27.3 Å². The average Bonchev–Trinajstić information content (AvgIpc) is 3.28. The molecule has 4 rings (SSSR count). The van der Waals surface area contributed by atoms with Crippen LogP contribution in [0.4, 0.5) is 5.69 Å². The third kappa shape index (κ3) is 6.11. The molecular weight excluding hydrogens is 474 g/mol. The number of hydrogen-bond donors (Lipinski definition) is 2. The van der Waals surface area contributed by atoms with Crippen molar-refractivity contribution in [2.24, 2.45) is 0 Å². The number of anilines is 1. The fraction of sp³-hybridized carbons (Fsp3) is 0.185. The highest BCUT2D eigenvalue weighted by molar-refractivity contribution is 7.99. The van der Waals surface area contributed by atoms with Crippen molar-refractivity contribution < 1.29 is 14.3 Å². The highest BCUT2D eigenvalue weighted by atomic mass is 32.2. The van der Waals surface area contributed by atoms with E-state index in [1.54, 1.807) is 17.7 Å². The van der Waals surface area contributed by atoms with E-state index in [9.17, 15) is 9.59 Å². The first-order valence-electron chi connectivity index (χ1n) is 11.4. The number of hydrogen-bond acceptors (Lipinski definition) is 6. The van der Waals surface area contributed by atoms with E-state index >= 15 is 0 Å². The molecule has 0 aliphatic heterocycles. The molecule has 0 unspecified atom stereocenters. The maximum atomic E-state index is 12.7. The number of aryl methyl sites for hydroxylation is 2. The van der Waals surface area contributed by atoms with Crippen LogP contribution in [0.2, 0.25) is 0 Å². The lowest BCUT2D eigenvalue weighted by Gasteiger charge is -2.14. The number of methoxy groups -OCH3 is 1. The Balaban J connectivity index is 1.54. The maximum absolute atomic E-state index is 12.7. The first-order chi connectivity index (χ1) is 17.4. The summed E-state index contributed by atoms with van der Waals surface area (Å²) < 4.78 is 7.36. The number of para-hydroxylation sites is 2. The van der Waals surface area contributed by atoms with Crippen LogP contribution in [0.25, 0.3) is 5.69 Å². The SMILES string of the molecule is COc1ccccc1-n1c(CNC(=O)c2cccc(C)c2)nnc1SCC(=O)Nc1cccc(C)c1. The van der Waals surface area contributed by atoms with Gasteiger partial charge in [-0.25, -0.2) is 0 Å². The molecule has 2 amide bonds. The highest BCUT2D eigenvalue weighted by Crippen LogP contribution is 2.28. The minimum Gasteiger partial charge on any atom is -0.495 e. The number of aromatic nitrogens is 3. The van der Waals surface area contributed by atoms with Gasteiger partial charge >= 0.3 is 0 Å². The van der Waals surface area contributed by atoms with Crippen LogP contribution in [0, 0.1) is 13.8 Å². The monoisotopic (exact) mass is 501 g/mol. The molecule has 2 N–H and O–H groups in total. The van der Waals surface area contributed by atoms with Crippen molar-refractivity contribution in [1.82, 2.24) is 20.1 Å². The number of carbonyl (C=O) groups excluding carboxylic acids is 2. The standard InChI is InChI=1S/C27H27N5O3S/c1-18-8-6-10-20(14-18)26(34)28-16-24-30-31-27(32(24)22-12-4-5-13-23(22)35-3)36-17-25(33)29-21-11-7-9-19(2)15-21/h4-15H,16-17H2,1-3H3,(H,28,34)(H,29,33). The number of benzene rings is 3. The Hall–Kier alpha value is -4.11. The molecule has 9 heteroatoms. The third-order valence-electron chi connectivity index (χ3n) is 5.35. The summed E-state index contributed by atoms with van der Waals surface area (Å²) in [6, 6.07) is 22.5. The van der Waals surface area contributed by atoms with Crippen LogP contribution in [0.3, 0.4) is 0 Å². The summed E-state index contributed by atoms with van der Waals surface area (Å²) in [5, 5.41) is 15.0. The minimum absolute atomic E-state index is 0.136. The number of amides is 2. The number of nitrogens with zero attached hydrogens (tertiary/aromatic N) is 3. The van der Waals surface area contributed by atoms with E-state index in [1.807, 2.05) is 80.6 Å². The topological polar surface area (TPSA) is 98.1 Å². The number of thioether (sulfide) groups is 1. The summed E-state index contributed by atoms with van der Waals surface area (Å²) in [5.74, 6) is 0.905. The van der Waals surface area contributed by atoms with E-state index in [0.29, 0.717) is 28.0 Å². The van der Waals surface area contributed by atoms with E-state index < -0.39 is 0 Å². The molecule has 1 aromatic heterocycles. The van der Waals surface area contributed by atoms with Gasteiger partial charge in [-0.2, -0.15) is 0 Å². The van der Waals surface area contributed by atoms with E-state index in [0.717, 1.165) is 16.8 Å². The molecule has 0 fully saturated rings. The lowest BCUT2D eigenvalue weighted by atomic mass is 10.1. The summed E-state index contributed by atoms with van der Waals surface area (Å²) in [6.07, 6.45) is 0. The summed E-state index contributed by atoms with van der Waals surface area (Å²) in [7, 11) is 1.59. The summed E-state index contributed by atoms with van der Waals surface area (Å²) in [6.45, 7) is 4.06. The molecule has 0 radical (unpaired) electrons. The zero-order valence-electron chi connectivity index (χ0n) is 20.3. The van der Waals surface area contributed by atoms with Gasteiger partial charge < -0.3 is 15.4 Å². The van der Waals surface area contributed by atoms with Crippen LogP contribution in [0.15, 0.2) is 78.0 Å². The molecule has 0 atom stereocenters. The molecule has 184 valence electrons. The Morgan fingerprint density at radius 3 is 2.44 bits per heavy atom. The molecule has 0 aliphatic carbocycles. The van der Waals surface area contributed by atoms with Gasteiger partial charge in [-0.3, -0.25) is 14.2 Å². The van der Waals surface area contributed by atoms with Crippen LogP contribution >= 0.6 is 11.8 Å². The van der Waals surface area contributed by atoms with Gasteiger partial charge in [0.1, 0.15) is 5.75 Å². The number of ether oxygens (including phenoxy) is 1. The van der Waals surface area contributed by atoms with Crippen LogP contribution in [0.5, 0.6) is 5.75 Å². The lowest BCUT2D eigenvalue weighted by molar-refractivity contribution is -0.113. The van der Waals surface area contributed by atoms with Crippen molar-refractivity contribution in [2.45, 2.75) is 25.5 Å². The molecule has 36 heavy (non-hydrogen) atoms. The summed E-state index contributed by atoms with van der Waals surface area (Å²) in [5.41, 5.74) is 4.09. The van der Waals surface area contributed by atoms with Crippen LogP contribution in [-0.2, 0) is 11.3 Å². The molecule has 0 aliphatic rings. The second-order valence-corrected chi connectivity index (χ2v) is 9.11. The molecule has 0 bridgehead atoms. The van der Waals surface area contributed by atoms with Gasteiger partial charge in [-0.05, 0) is 55.8 Å². The van der Waals surface area contributed by atoms with Crippen molar-refractivity contribution >= 4 is 29.3 Å². The molecule has 0 saturated heterocycles. The Morgan fingerprint density at radius 2 is 1.69 bits per heavy atom. The third-order valence-corrected chi connectivity index (χ3v) is 6.28. The van der Waals surface area contributed by atoms with Crippen molar-refractivity contribution in [2.75, 3.05) is 18.2 Å². The Kier molecular flexibility index (Phi) is 8.02. The number of rotatable bonds is 9. The van der Waals surface area contributed by atoms with Gasteiger partial charge in [-0.15, -0.1) is 10.2 Å². The van der Waals surface area contributed by atoms with E-state index in [2.05, 4.69) is 20.8 Å². The van der Waals surface area contributed by atoms with E-state index in [1.165, 1.54) is 11.8 Å². The van der Waals surface area contributed by atoms with Crippen molar-refractivity contribution in [3.63, 3.8) is 0 Å². The zero-order chi connectivity index (χ0) is 25.5. The minimum atomic E-state index is -0.208. The Bertz CT molecular complexity index is 1390. The quantitative estimate of drug-likeness (QED) is 0.327. The van der Waals surface area contributed by atoms with Crippen molar-refractivity contribution in [3.8, 4) is 11.4 Å². The van der Waals surface area contributed by atoms with Gasteiger partial charge in [0, 0.05) is 11.3 Å². The van der Waals surface area contributed by atoms with Gasteiger partial charge in [-0.1, -0.05) is 53.7 Å². The van der Waals surface area contributed by atoms with Gasteiger partial charge in [0.2, 0.25) is 5.91 Å². The molecular formula is C27H27N5O3S. The first-order valence-corrected chi connectivity index (χ1v) is 12.3. The largest absolute Gasteiger partial charge is 0.495 e. The zero-order valence-corrected chi connectivity index (χ0v) is 21.1. The fourth-order valence-electron chi connectivity index (χ4n) is 3.66. The van der Waals surface area contributed by atoms with Crippen molar-refractivity contribution in [3.05, 3.63) is 95.3 Å². The summed E-state index contributed by atoms with van der Waals surface area (Å²) >= 11 is 1.26.